The van der Waals surface area contributed by atoms with E-state index in [1.165, 1.54) is 0 Å². The molecule has 2 atom stereocenters. The molecule has 0 radical (unpaired) electrons. The number of nitrogens with zero attached hydrogens (tertiary/aromatic N) is 2. The first kappa shape index (κ1) is 18.4. The van der Waals surface area contributed by atoms with Gasteiger partial charge in [0.2, 0.25) is 0 Å². The number of ether oxygens (including phenoxy) is 2. The van der Waals surface area contributed by atoms with Crippen LogP contribution in [0.4, 0.5) is 4.79 Å². The van der Waals surface area contributed by atoms with Crippen LogP contribution in [-0.4, -0.2) is 47.7 Å². The second-order valence-corrected chi connectivity index (χ2v) is 7.96. The monoisotopic (exact) mass is 356 g/mol. The summed E-state index contributed by atoms with van der Waals surface area (Å²) in [5.74, 6) is -0.149. The third-order valence-corrected chi connectivity index (χ3v) is 4.77. The van der Waals surface area contributed by atoms with E-state index in [2.05, 4.69) is 6.07 Å². The van der Waals surface area contributed by atoms with Crippen molar-refractivity contribution < 1.29 is 19.1 Å². The highest BCUT2D eigenvalue weighted by atomic mass is 16.6. The molecule has 6 nitrogen and oxygen atoms in total. The number of piperidine rings is 1. The highest BCUT2D eigenvalue weighted by Crippen LogP contribution is 2.34. The van der Waals surface area contributed by atoms with Crippen molar-refractivity contribution in [3.63, 3.8) is 0 Å². The Hall–Kier alpha value is -2.39. The van der Waals surface area contributed by atoms with E-state index in [9.17, 15) is 9.59 Å². The van der Waals surface area contributed by atoms with E-state index in [0.29, 0.717) is 37.2 Å². The maximum Gasteiger partial charge on any atom is 0.410 e. The van der Waals surface area contributed by atoms with Crippen LogP contribution in [0.15, 0.2) is 24.3 Å². The summed E-state index contributed by atoms with van der Waals surface area (Å²) in [6.07, 6.45) is 0.754. The van der Waals surface area contributed by atoms with E-state index in [-0.39, 0.29) is 29.9 Å². The highest BCUT2D eigenvalue weighted by Gasteiger charge is 2.45. The fourth-order valence-corrected chi connectivity index (χ4v) is 3.72. The lowest BCUT2D eigenvalue weighted by Gasteiger charge is -2.47. The molecule has 0 spiro atoms. The summed E-state index contributed by atoms with van der Waals surface area (Å²) in [6.45, 7) is 6.36. The fraction of sp³-hybridized carbons (Fsp3) is 0.550. The predicted molar refractivity (Wildman–Crippen MR) is 94.7 cm³/mol. The third kappa shape index (κ3) is 3.88. The van der Waals surface area contributed by atoms with Gasteiger partial charge in [-0.2, -0.15) is 5.26 Å². The van der Waals surface area contributed by atoms with Gasteiger partial charge in [-0.25, -0.2) is 4.79 Å². The van der Waals surface area contributed by atoms with Crippen molar-refractivity contribution in [2.45, 2.75) is 51.3 Å². The zero-order chi connectivity index (χ0) is 18.9. The van der Waals surface area contributed by atoms with Crippen molar-refractivity contribution >= 4 is 11.9 Å². The van der Waals surface area contributed by atoms with Crippen molar-refractivity contribution in [1.82, 2.24) is 4.90 Å². The van der Waals surface area contributed by atoms with Crippen LogP contribution in [0, 0.1) is 17.2 Å². The Morgan fingerprint density at radius 3 is 2.46 bits per heavy atom. The second-order valence-electron chi connectivity index (χ2n) is 7.96. The molecule has 1 aromatic rings. The number of hydrogen-bond donors (Lipinski definition) is 0. The van der Waals surface area contributed by atoms with Crippen LogP contribution in [0.1, 0.15) is 49.5 Å². The predicted octanol–water partition coefficient (Wildman–Crippen LogP) is 3.16. The molecule has 3 rings (SSSR count). The Balaban J connectivity index is 1.76. The van der Waals surface area contributed by atoms with Gasteiger partial charge in [0, 0.05) is 11.5 Å². The topological polar surface area (TPSA) is 79.6 Å². The molecule has 2 heterocycles. The average Bonchev–Trinajstić information content (AvgIpc) is 2.58. The van der Waals surface area contributed by atoms with Crippen molar-refractivity contribution in [3.05, 3.63) is 35.4 Å². The molecule has 0 aromatic heterocycles. The molecule has 2 aliphatic heterocycles. The average molecular weight is 356 g/mol. The lowest BCUT2D eigenvalue weighted by Crippen LogP contribution is -2.60. The van der Waals surface area contributed by atoms with Gasteiger partial charge < -0.3 is 9.47 Å². The molecule has 6 heteroatoms. The number of morpholine rings is 1. The first-order valence-corrected chi connectivity index (χ1v) is 8.92. The second kappa shape index (κ2) is 7.08. The van der Waals surface area contributed by atoms with E-state index in [0.717, 1.165) is 0 Å². The van der Waals surface area contributed by atoms with Crippen molar-refractivity contribution in [1.29, 1.82) is 5.26 Å². The molecule has 138 valence electrons. The number of Topliss-reactive ketones (excluding diaryl/α,β-unsaturated/α-hetero) is 1. The van der Waals surface area contributed by atoms with Gasteiger partial charge in [-0.05, 0) is 45.7 Å². The van der Waals surface area contributed by atoms with Gasteiger partial charge in [0.1, 0.15) is 5.60 Å². The molecule has 0 N–H and O–H groups in total. The van der Waals surface area contributed by atoms with Crippen LogP contribution in [0.25, 0.3) is 0 Å². The number of carbonyl (C=O) groups is 2. The third-order valence-electron chi connectivity index (χ3n) is 4.77. The number of carbonyl (C=O) groups excluding carboxylic acids is 2. The molecule has 2 unspecified atom stereocenters. The van der Waals surface area contributed by atoms with Gasteiger partial charge in [0.05, 0.1) is 36.9 Å². The Morgan fingerprint density at radius 2 is 1.88 bits per heavy atom. The maximum absolute atomic E-state index is 12.9. The molecule has 1 aromatic carbocycles. The van der Waals surface area contributed by atoms with Crippen molar-refractivity contribution in [2.24, 2.45) is 5.92 Å². The van der Waals surface area contributed by atoms with Crippen LogP contribution in [0.3, 0.4) is 0 Å². The molecule has 2 aliphatic rings. The van der Waals surface area contributed by atoms with Gasteiger partial charge >= 0.3 is 6.09 Å². The largest absolute Gasteiger partial charge is 0.444 e. The molecular formula is C20H24N2O4. The minimum Gasteiger partial charge on any atom is -0.444 e. The van der Waals surface area contributed by atoms with Gasteiger partial charge in [0.15, 0.2) is 5.78 Å². The van der Waals surface area contributed by atoms with Crippen molar-refractivity contribution in [3.8, 4) is 6.07 Å². The summed E-state index contributed by atoms with van der Waals surface area (Å²) in [4.78, 5) is 27.3. The van der Waals surface area contributed by atoms with Gasteiger partial charge in [-0.3, -0.25) is 9.69 Å². The van der Waals surface area contributed by atoms with Crippen molar-refractivity contribution in [2.75, 3.05) is 13.2 Å². The normalized spacial score (nSPS) is 25.3. The van der Waals surface area contributed by atoms with E-state index >= 15 is 0 Å². The summed E-state index contributed by atoms with van der Waals surface area (Å²) in [6, 6.07) is 8.54. The number of ketones is 1. The molecule has 2 bridgehead atoms. The van der Waals surface area contributed by atoms with Crippen LogP contribution < -0.4 is 0 Å². The Morgan fingerprint density at radius 1 is 1.23 bits per heavy atom. The molecular weight excluding hydrogens is 332 g/mol. The molecule has 0 aliphatic carbocycles. The van der Waals surface area contributed by atoms with Crippen LogP contribution >= 0.6 is 0 Å². The number of hydrogen-bond acceptors (Lipinski definition) is 5. The van der Waals surface area contributed by atoms with E-state index in [1.54, 1.807) is 29.2 Å². The summed E-state index contributed by atoms with van der Waals surface area (Å²) in [5, 5.41) is 9.04. The SMILES string of the molecule is CC(C)(C)OC(=O)N1C2COCC1CC(C(=O)c1cccc(C#N)c1)C2. The lowest BCUT2D eigenvalue weighted by molar-refractivity contribution is -0.0861. The Kier molecular flexibility index (Phi) is 5.01. The fourth-order valence-electron chi connectivity index (χ4n) is 3.72. The van der Waals surface area contributed by atoms with E-state index < -0.39 is 5.60 Å². The van der Waals surface area contributed by atoms with E-state index in [1.807, 2.05) is 20.8 Å². The van der Waals surface area contributed by atoms with Crippen LogP contribution in [-0.2, 0) is 9.47 Å². The van der Waals surface area contributed by atoms with Gasteiger partial charge in [0.25, 0.3) is 0 Å². The Bertz CT molecular complexity index is 733. The van der Waals surface area contributed by atoms with Gasteiger partial charge in [-0.15, -0.1) is 0 Å². The molecule has 1 amide bonds. The quantitative estimate of drug-likeness (QED) is 0.761. The molecule has 26 heavy (non-hydrogen) atoms. The number of rotatable bonds is 2. The minimum atomic E-state index is -0.559. The number of benzene rings is 1. The molecule has 0 saturated carbocycles. The minimum absolute atomic E-state index is 0.0304. The van der Waals surface area contributed by atoms with Crippen LogP contribution in [0.5, 0.6) is 0 Å². The lowest BCUT2D eigenvalue weighted by atomic mass is 9.80. The summed E-state index contributed by atoms with van der Waals surface area (Å²) >= 11 is 0. The molecule has 2 fully saturated rings. The van der Waals surface area contributed by atoms with Gasteiger partial charge in [-0.1, -0.05) is 12.1 Å². The first-order valence-electron chi connectivity index (χ1n) is 8.92. The first-order chi connectivity index (χ1) is 12.3. The van der Waals surface area contributed by atoms with E-state index in [4.69, 9.17) is 14.7 Å². The standard InChI is InChI=1S/C20H24N2O4/c1-20(2,3)26-19(24)22-16-8-15(9-17(22)12-25-11-16)18(23)14-6-4-5-13(7-14)10-21/h4-7,15-17H,8-9,11-12H2,1-3H3. The maximum atomic E-state index is 12.9. The number of amides is 1. The van der Waals surface area contributed by atoms with Crippen LogP contribution in [0.2, 0.25) is 0 Å². The summed E-state index contributed by atoms with van der Waals surface area (Å²) < 4.78 is 11.1. The zero-order valence-corrected chi connectivity index (χ0v) is 15.4. The summed E-state index contributed by atoms with van der Waals surface area (Å²) in [5.41, 5.74) is 0.473. The summed E-state index contributed by atoms with van der Waals surface area (Å²) in [7, 11) is 0. The number of fused-ring (bicyclic) bond motifs is 2. The number of nitriles is 1. The smallest absolute Gasteiger partial charge is 0.410 e. The Labute approximate surface area is 153 Å². The molecule has 2 saturated heterocycles. The highest BCUT2D eigenvalue weighted by molar-refractivity contribution is 5.98. The zero-order valence-electron chi connectivity index (χ0n) is 15.4.